The molecule has 1 amide bonds. The predicted octanol–water partition coefficient (Wildman–Crippen LogP) is 3.02. The molecule has 4 N–H and O–H groups in total. The quantitative estimate of drug-likeness (QED) is 0.679. The highest BCUT2D eigenvalue weighted by molar-refractivity contribution is 6.02. The van der Waals surface area contributed by atoms with Gasteiger partial charge in [0.2, 0.25) is 0 Å². The van der Waals surface area contributed by atoms with Crippen LogP contribution in [-0.2, 0) is 5.54 Å². The second kappa shape index (κ2) is 7.42. The van der Waals surface area contributed by atoms with Crippen LogP contribution in [0.5, 0.6) is 0 Å². The van der Waals surface area contributed by atoms with Crippen LogP contribution in [0.1, 0.15) is 35.0 Å². The number of nitrogens with two attached hydrogens (primary N) is 1. The van der Waals surface area contributed by atoms with Crippen LogP contribution < -0.4 is 16.4 Å². The van der Waals surface area contributed by atoms with E-state index >= 15 is 0 Å². The number of carbonyl (C=O) groups excluding carboxylic acids is 1. The monoisotopic (exact) mass is 407 g/mol. The van der Waals surface area contributed by atoms with Gasteiger partial charge in [-0.3, -0.25) is 10.1 Å². The van der Waals surface area contributed by atoms with Crippen molar-refractivity contribution < 1.29 is 22.4 Å². The summed E-state index contributed by atoms with van der Waals surface area (Å²) >= 11 is 0. The summed E-state index contributed by atoms with van der Waals surface area (Å²) in [6.07, 6.45) is -4.73. The van der Waals surface area contributed by atoms with Crippen LogP contribution in [-0.4, -0.2) is 23.2 Å². The number of anilines is 1. The molecule has 1 aromatic carbocycles. The van der Waals surface area contributed by atoms with Crippen LogP contribution in [0.3, 0.4) is 0 Å². The molecule has 3 rings (SSSR count). The number of halogens is 4. The van der Waals surface area contributed by atoms with E-state index in [-0.39, 0.29) is 22.5 Å². The van der Waals surface area contributed by atoms with Crippen LogP contribution in [0.4, 0.5) is 23.2 Å². The lowest BCUT2D eigenvalue weighted by atomic mass is 9.80. The zero-order chi connectivity index (χ0) is 21.4. The summed E-state index contributed by atoms with van der Waals surface area (Å²) in [6.45, 7) is 1.24. The second-order valence-electron chi connectivity index (χ2n) is 6.98. The summed E-state index contributed by atoms with van der Waals surface area (Å²) in [5.41, 5.74) is 3.98. The van der Waals surface area contributed by atoms with Crippen molar-refractivity contribution in [2.45, 2.75) is 31.2 Å². The third-order valence-corrected chi connectivity index (χ3v) is 4.98. The Balaban J connectivity index is 1.91. The molecule has 10 heteroatoms. The molecule has 29 heavy (non-hydrogen) atoms. The number of benzene rings is 1. The van der Waals surface area contributed by atoms with Gasteiger partial charge in [-0.25, -0.2) is 9.37 Å². The molecule has 0 bridgehead atoms. The number of hydrogen-bond acceptors (Lipinski definition) is 5. The minimum Gasteiger partial charge on any atom is -0.321 e. The van der Waals surface area contributed by atoms with Gasteiger partial charge >= 0.3 is 6.18 Å². The first-order chi connectivity index (χ1) is 13.5. The number of nitrogens with one attached hydrogen (secondary N) is 2. The van der Waals surface area contributed by atoms with Crippen molar-refractivity contribution in [1.82, 2.24) is 10.3 Å². The van der Waals surface area contributed by atoms with Crippen molar-refractivity contribution >= 4 is 11.6 Å². The molecule has 0 saturated carbocycles. The van der Waals surface area contributed by atoms with Gasteiger partial charge in [0.25, 0.3) is 5.91 Å². The highest BCUT2D eigenvalue weighted by Gasteiger charge is 2.57. The Kier molecular flexibility index (Phi) is 5.30. The highest BCUT2D eigenvalue weighted by atomic mass is 19.4. The topological polar surface area (TPSA) is 104 Å². The van der Waals surface area contributed by atoms with Gasteiger partial charge in [-0.15, -0.1) is 0 Å². The van der Waals surface area contributed by atoms with E-state index in [4.69, 9.17) is 11.0 Å². The third-order valence-electron chi connectivity index (χ3n) is 4.98. The SMILES string of the molecule is C[C@@]1(c2cc(NC(=O)c3ccc(C#N)cn3)ccc2F)NC(N)C[C@@H]1C(F)(F)F. The predicted molar refractivity (Wildman–Crippen MR) is 95.9 cm³/mol. The molecule has 1 aliphatic rings. The van der Waals surface area contributed by atoms with E-state index in [0.717, 1.165) is 12.1 Å². The fourth-order valence-corrected chi connectivity index (χ4v) is 3.55. The van der Waals surface area contributed by atoms with E-state index in [1.165, 1.54) is 31.3 Å². The third kappa shape index (κ3) is 4.06. The minimum absolute atomic E-state index is 0.00438. The fourth-order valence-electron chi connectivity index (χ4n) is 3.55. The molecule has 152 valence electrons. The van der Waals surface area contributed by atoms with Crippen LogP contribution in [0.2, 0.25) is 0 Å². The van der Waals surface area contributed by atoms with Gasteiger partial charge in [-0.05, 0) is 43.7 Å². The summed E-state index contributed by atoms with van der Waals surface area (Å²) in [4.78, 5) is 16.2. The first-order valence-electron chi connectivity index (χ1n) is 8.62. The van der Waals surface area contributed by atoms with E-state index < -0.39 is 41.9 Å². The average molecular weight is 407 g/mol. The Hall–Kier alpha value is -3.03. The Morgan fingerprint density at radius 1 is 1.38 bits per heavy atom. The van der Waals surface area contributed by atoms with E-state index in [1.54, 1.807) is 0 Å². The molecule has 0 radical (unpaired) electrons. The molecule has 1 saturated heterocycles. The van der Waals surface area contributed by atoms with Crippen LogP contribution in [0.25, 0.3) is 0 Å². The first-order valence-corrected chi connectivity index (χ1v) is 8.62. The molecular weight excluding hydrogens is 390 g/mol. The highest BCUT2D eigenvalue weighted by Crippen LogP contribution is 2.47. The van der Waals surface area contributed by atoms with Crippen LogP contribution >= 0.6 is 0 Å². The minimum atomic E-state index is -4.59. The molecule has 1 aliphatic heterocycles. The average Bonchev–Trinajstić information content (AvgIpc) is 2.99. The number of nitrogens with zero attached hydrogens (tertiary/aromatic N) is 2. The fraction of sp³-hybridized carbons (Fsp3) is 0.316. The maximum Gasteiger partial charge on any atom is 0.394 e. The van der Waals surface area contributed by atoms with Crippen molar-refractivity contribution in [2.24, 2.45) is 11.7 Å². The zero-order valence-corrected chi connectivity index (χ0v) is 15.2. The normalized spacial score (nSPS) is 24.2. The number of pyridine rings is 1. The number of amides is 1. The number of hydrogen-bond donors (Lipinski definition) is 3. The summed E-state index contributed by atoms with van der Waals surface area (Å²) in [5.74, 6) is -3.40. The number of carbonyl (C=O) groups is 1. The molecule has 6 nitrogen and oxygen atoms in total. The van der Waals surface area contributed by atoms with E-state index in [9.17, 15) is 22.4 Å². The van der Waals surface area contributed by atoms with Gasteiger partial charge in [0.05, 0.1) is 23.2 Å². The molecule has 2 aromatic rings. The van der Waals surface area contributed by atoms with Crippen molar-refractivity contribution in [1.29, 1.82) is 5.26 Å². The number of aromatic nitrogens is 1. The van der Waals surface area contributed by atoms with Crippen molar-refractivity contribution in [3.63, 3.8) is 0 Å². The van der Waals surface area contributed by atoms with Gasteiger partial charge < -0.3 is 11.1 Å². The summed E-state index contributed by atoms with van der Waals surface area (Å²) < 4.78 is 55.1. The van der Waals surface area contributed by atoms with E-state index in [0.29, 0.717) is 0 Å². The summed E-state index contributed by atoms with van der Waals surface area (Å²) in [5, 5.41) is 13.9. The second-order valence-corrected chi connectivity index (χ2v) is 6.98. The van der Waals surface area contributed by atoms with Gasteiger partial charge in [0, 0.05) is 17.4 Å². The lowest BCUT2D eigenvalue weighted by Crippen LogP contribution is -2.47. The Bertz CT molecular complexity index is 970. The maximum absolute atomic E-state index is 14.5. The van der Waals surface area contributed by atoms with Crippen molar-refractivity contribution in [3.8, 4) is 6.07 Å². The molecule has 2 heterocycles. The molecule has 1 aromatic heterocycles. The number of nitriles is 1. The van der Waals surface area contributed by atoms with Crippen LogP contribution in [0, 0.1) is 23.1 Å². The molecule has 1 unspecified atom stereocenters. The van der Waals surface area contributed by atoms with Crippen molar-refractivity contribution in [3.05, 3.63) is 59.2 Å². The molecule has 1 fully saturated rings. The van der Waals surface area contributed by atoms with Gasteiger partial charge in [0.1, 0.15) is 17.6 Å². The molecule has 3 atom stereocenters. The Labute approximate surface area is 163 Å². The summed E-state index contributed by atoms with van der Waals surface area (Å²) in [7, 11) is 0. The van der Waals surface area contributed by atoms with Gasteiger partial charge in [0.15, 0.2) is 0 Å². The van der Waals surface area contributed by atoms with Crippen molar-refractivity contribution in [2.75, 3.05) is 5.32 Å². The van der Waals surface area contributed by atoms with E-state index in [1.807, 2.05) is 6.07 Å². The Morgan fingerprint density at radius 2 is 2.10 bits per heavy atom. The summed E-state index contributed by atoms with van der Waals surface area (Å²) in [6, 6.07) is 7.97. The lowest BCUT2D eigenvalue weighted by molar-refractivity contribution is -0.188. The van der Waals surface area contributed by atoms with Crippen LogP contribution in [0.15, 0.2) is 36.5 Å². The van der Waals surface area contributed by atoms with Gasteiger partial charge in [-0.1, -0.05) is 0 Å². The zero-order valence-electron chi connectivity index (χ0n) is 15.2. The largest absolute Gasteiger partial charge is 0.394 e. The number of rotatable bonds is 3. The first kappa shape index (κ1) is 20.7. The molecular formula is C19H17F4N5O. The lowest BCUT2D eigenvalue weighted by Gasteiger charge is -2.34. The maximum atomic E-state index is 14.5. The standard InChI is InChI=1S/C19H17F4N5O/c1-18(15(19(21,22)23)7-16(25)28-18)12-6-11(3-4-13(12)20)27-17(29)14-5-2-10(8-24)9-26-14/h2-6,9,15-16,28H,7,25H2,1H3,(H,27,29)/t15-,16?,18-/m0/s1. The van der Waals surface area contributed by atoms with E-state index in [2.05, 4.69) is 15.6 Å². The smallest absolute Gasteiger partial charge is 0.321 e. The van der Waals surface area contributed by atoms with Gasteiger partial charge in [-0.2, -0.15) is 18.4 Å². The number of alkyl halides is 3. The molecule has 0 spiro atoms. The Morgan fingerprint density at radius 3 is 2.69 bits per heavy atom. The molecule has 0 aliphatic carbocycles.